The number of hydrogen-bond acceptors (Lipinski definition) is 2. The lowest BCUT2D eigenvalue weighted by atomic mass is 10.3. The number of nitrogens with one attached hydrogen (secondary N) is 1. The maximum absolute atomic E-state index is 10.5. The van der Waals surface area contributed by atoms with Gasteiger partial charge in [0.25, 0.3) is 0 Å². The van der Waals surface area contributed by atoms with Gasteiger partial charge < -0.3 is 4.98 Å². The third-order valence-corrected chi connectivity index (χ3v) is 3.35. The molecular weight excluding hydrogens is 176 g/mol. The Hall–Kier alpha value is -1.09. The number of aldehydes is 1. The van der Waals surface area contributed by atoms with Gasteiger partial charge in [0.2, 0.25) is 0 Å². The molecule has 14 heavy (non-hydrogen) atoms. The van der Waals surface area contributed by atoms with Crippen LogP contribution in [0.4, 0.5) is 0 Å². The first-order valence-electron chi connectivity index (χ1n) is 5.20. The normalized spacial score (nSPS) is 30.3. The van der Waals surface area contributed by atoms with E-state index < -0.39 is 0 Å². The molecule has 0 amide bonds. The van der Waals surface area contributed by atoms with Gasteiger partial charge in [-0.1, -0.05) is 0 Å². The van der Waals surface area contributed by atoms with E-state index in [0.717, 1.165) is 24.7 Å². The summed E-state index contributed by atoms with van der Waals surface area (Å²) in [6.07, 6.45) is 4.25. The van der Waals surface area contributed by atoms with E-state index in [4.69, 9.17) is 0 Å². The van der Waals surface area contributed by atoms with E-state index in [1.807, 2.05) is 12.3 Å². The zero-order valence-electron chi connectivity index (χ0n) is 8.07. The predicted molar refractivity (Wildman–Crippen MR) is 53.1 cm³/mol. The highest BCUT2D eigenvalue weighted by Crippen LogP contribution is 2.45. The number of aromatic amines is 1. The minimum absolute atomic E-state index is 0.685. The van der Waals surface area contributed by atoms with Crippen LogP contribution in [0.1, 0.15) is 22.5 Å². The first kappa shape index (κ1) is 8.24. The fourth-order valence-corrected chi connectivity index (χ4v) is 2.50. The van der Waals surface area contributed by atoms with E-state index in [-0.39, 0.29) is 0 Å². The monoisotopic (exact) mass is 190 g/mol. The Morgan fingerprint density at radius 3 is 2.93 bits per heavy atom. The van der Waals surface area contributed by atoms with Gasteiger partial charge in [-0.05, 0) is 29.9 Å². The molecule has 3 heteroatoms. The van der Waals surface area contributed by atoms with Gasteiger partial charge in [-0.15, -0.1) is 0 Å². The van der Waals surface area contributed by atoms with Crippen LogP contribution in [0.25, 0.3) is 0 Å². The molecule has 2 aliphatic rings. The van der Waals surface area contributed by atoms with Crippen LogP contribution >= 0.6 is 0 Å². The van der Waals surface area contributed by atoms with Crippen molar-refractivity contribution in [2.75, 3.05) is 13.1 Å². The zero-order chi connectivity index (χ0) is 9.54. The Kier molecular flexibility index (Phi) is 1.74. The highest BCUT2D eigenvalue weighted by Gasteiger charge is 2.44. The molecule has 1 aromatic heterocycles. The molecule has 0 bridgehead atoms. The molecule has 1 aromatic rings. The van der Waals surface area contributed by atoms with Crippen molar-refractivity contribution in [1.82, 2.24) is 9.88 Å². The Bertz CT molecular complexity index is 348. The molecule has 1 saturated carbocycles. The molecule has 0 radical (unpaired) electrons. The van der Waals surface area contributed by atoms with Gasteiger partial charge in [0.1, 0.15) is 0 Å². The van der Waals surface area contributed by atoms with Crippen LogP contribution in [0.15, 0.2) is 12.3 Å². The zero-order valence-corrected chi connectivity index (χ0v) is 8.07. The van der Waals surface area contributed by atoms with Crippen molar-refractivity contribution in [1.29, 1.82) is 0 Å². The minimum atomic E-state index is 0.685. The fourth-order valence-electron chi connectivity index (χ4n) is 2.50. The lowest BCUT2D eigenvalue weighted by Crippen LogP contribution is -2.21. The average molecular weight is 190 g/mol. The largest absolute Gasteiger partial charge is 0.359 e. The van der Waals surface area contributed by atoms with E-state index in [1.165, 1.54) is 25.1 Å². The van der Waals surface area contributed by atoms with Crippen LogP contribution in [-0.2, 0) is 6.54 Å². The van der Waals surface area contributed by atoms with Gasteiger partial charge in [-0.3, -0.25) is 9.69 Å². The van der Waals surface area contributed by atoms with Crippen molar-refractivity contribution in [3.8, 4) is 0 Å². The van der Waals surface area contributed by atoms with E-state index in [9.17, 15) is 4.79 Å². The van der Waals surface area contributed by atoms with Gasteiger partial charge in [0, 0.05) is 25.8 Å². The summed E-state index contributed by atoms with van der Waals surface area (Å²) in [5.41, 5.74) is 1.91. The summed E-state index contributed by atoms with van der Waals surface area (Å²) in [5, 5.41) is 0. The van der Waals surface area contributed by atoms with E-state index in [2.05, 4.69) is 9.88 Å². The Morgan fingerprint density at radius 1 is 1.50 bits per heavy atom. The number of carbonyl (C=O) groups is 1. The average Bonchev–Trinajstić information content (AvgIpc) is 2.66. The number of aromatic nitrogens is 1. The number of likely N-dealkylation sites (tertiary alicyclic amines) is 1. The van der Waals surface area contributed by atoms with Gasteiger partial charge in [0.05, 0.1) is 5.69 Å². The van der Waals surface area contributed by atoms with Crippen LogP contribution in [-0.4, -0.2) is 29.3 Å². The molecule has 1 aliphatic carbocycles. The van der Waals surface area contributed by atoms with Crippen molar-refractivity contribution < 1.29 is 4.79 Å². The molecule has 0 unspecified atom stereocenters. The number of piperidine rings is 1. The molecule has 1 saturated heterocycles. The second-order valence-corrected chi connectivity index (χ2v) is 4.53. The maximum atomic E-state index is 10.5. The molecule has 2 heterocycles. The van der Waals surface area contributed by atoms with E-state index >= 15 is 0 Å². The van der Waals surface area contributed by atoms with E-state index in [1.54, 1.807) is 0 Å². The van der Waals surface area contributed by atoms with Crippen molar-refractivity contribution in [2.24, 2.45) is 11.8 Å². The quantitative estimate of drug-likeness (QED) is 0.729. The first-order chi connectivity index (χ1) is 6.85. The third-order valence-electron chi connectivity index (χ3n) is 3.35. The van der Waals surface area contributed by atoms with E-state index in [0.29, 0.717) is 5.69 Å². The fraction of sp³-hybridized carbons (Fsp3) is 0.545. The van der Waals surface area contributed by atoms with Crippen molar-refractivity contribution in [2.45, 2.75) is 13.0 Å². The topological polar surface area (TPSA) is 36.1 Å². The number of rotatable bonds is 3. The summed E-state index contributed by atoms with van der Waals surface area (Å²) in [6, 6.07) is 1.94. The Morgan fingerprint density at radius 2 is 2.29 bits per heavy atom. The number of fused-ring (bicyclic) bond motifs is 1. The molecule has 2 fully saturated rings. The summed E-state index contributed by atoms with van der Waals surface area (Å²) in [7, 11) is 0. The summed E-state index contributed by atoms with van der Waals surface area (Å²) in [6.45, 7) is 3.51. The predicted octanol–water partition coefficient (Wildman–Crippen LogP) is 1.28. The second kappa shape index (κ2) is 2.95. The molecule has 0 spiro atoms. The number of nitrogens with zero attached hydrogens (tertiary/aromatic N) is 1. The van der Waals surface area contributed by atoms with Crippen LogP contribution in [0.2, 0.25) is 0 Å². The summed E-state index contributed by atoms with van der Waals surface area (Å²) in [4.78, 5) is 15.9. The molecule has 3 rings (SSSR count). The Balaban J connectivity index is 1.63. The SMILES string of the molecule is O=Cc1cc(CN2C[C@H]3C[C@H]3C2)c[nH]1. The molecule has 2 atom stereocenters. The molecule has 1 aliphatic heterocycles. The molecular formula is C11H14N2O. The standard InChI is InChI=1S/C11H14N2O/c14-7-11-1-8(3-12-11)4-13-5-9-2-10(9)6-13/h1,3,7,9-10,12H,2,4-6H2/t9-,10+. The second-order valence-electron chi connectivity index (χ2n) is 4.53. The van der Waals surface area contributed by atoms with Gasteiger partial charge >= 0.3 is 0 Å². The van der Waals surface area contributed by atoms with Gasteiger partial charge in [0.15, 0.2) is 6.29 Å². The summed E-state index contributed by atoms with van der Waals surface area (Å²) >= 11 is 0. The lowest BCUT2D eigenvalue weighted by molar-refractivity contribution is 0.111. The number of carbonyl (C=O) groups excluding carboxylic acids is 1. The minimum Gasteiger partial charge on any atom is -0.359 e. The molecule has 74 valence electrons. The van der Waals surface area contributed by atoms with Crippen LogP contribution in [0.5, 0.6) is 0 Å². The lowest BCUT2D eigenvalue weighted by Gasteiger charge is -2.15. The Labute approximate surface area is 83.1 Å². The number of H-pyrrole nitrogens is 1. The highest BCUT2D eigenvalue weighted by molar-refractivity contribution is 5.72. The van der Waals surface area contributed by atoms with Gasteiger partial charge in [-0.25, -0.2) is 0 Å². The highest BCUT2D eigenvalue weighted by atomic mass is 16.1. The maximum Gasteiger partial charge on any atom is 0.166 e. The molecule has 3 nitrogen and oxygen atoms in total. The van der Waals surface area contributed by atoms with Crippen molar-refractivity contribution >= 4 is 6.29 Å². The van der Waals surface area contributed by atoms with Crippen molar-refractivity contribution in [3.63, 3.8) is 0 Å². The van der Waals surface area contributed by atoms with Crippen LogP contribution in [0.3, 0.4) is 0 Å². The number of hydrogen-bond donors (Lipinski definition) is 1. The van der Waals surface area contributed by atoms with Crippen LogP contribution in [0, 0.1) is 11.8 Å². The molecule has 1 N–H and O–H groups in total. The summed E-state index contributed by atoms with van der Waals surface area (Å²) < 4.78 is 0. The summed E-state index contributed by atoms with van der Waals surface area (Å²) in [5.74, 6) is 1.97. The molecule has 0 aromatic carbocycles. The first-order valence-corrected chi connectivity index (χ1v) is 5.20. The smallest absolute Gasteiger partial charge is 0.166 e. The van der Waals surface area contributed by atoms with Gasteiger partial charge in [-0.2, -0.15) is 0 Å². The van der Waals surface area contributed by atoms with Crippen molar-refractivity contribution in [3.05, 3.63) is 23.5 Å². The van der Waals surface area contributed by atoms with Crippen LogP contribution < -0.4 is 0 Å². The third kappa shape index (κ3) is 1.38.